The van der Waals surface area contributed by atoms with E-state index >= 15 is 0 Å². The summed E-state index contributed by atoms with van der Waals surface area (Å²) in [6.07, 6.45) is 0. The Morgan fingerprint density at radius 2 is 2.22 bits per heavy atom. The number of nitrogens with two attached hydrogens (primary N) is 1. The van der Waals surface area contributed by atoms with Gasteiger partial charge in [-0.3, -0.25) is 4.79 Å². The van der Waals surface area contributed by atoms with Crippen molar-refractivity contribution in [3.63, 3.8) is 0 Å². The lowest BCUT2D eigenvalue weighted by Crippen LogP contribution is -2.35. The molecular weight excluding hydrogens is 230 g/mol. The standard InChI is InChI=1S/C13H17N3O2/c1-8(14)7-15-13(18)12-6-9-5-10(17)3-4-11(9)16(12)2/h3-6,8,17H,7,14H2,1-2H3,(H,15,18). The summed E-state index contributed by atoms with van der Waals surface area (Å²) in [5.74, 6) is 0.0288. The quantitative estimate of drug-likeness (QED) is 0.755. The van der Waals surface area contributed by atoms with Gasteiger partial charge in [-0.25, -0.2) is 0 Å². The van der Waals surface area contributed by atoms with Gasteiger partial charge in [0.1, 0.15) is 11.4 Å². The topological polar surface area (TPSA) is 80.3 Å². The SMILES string of the molecule is CC(N)CNC(=O)c1cc2cc(O)ccc2n1C. The van der Waals surface area contributed by atoms with Crippen molar-refractivity contribution in [1.29, 1.82) is 0 Å². The first-order valence-electron chi connectivity index (χ1n) is 5.81. The van der Waals surface area contributed by atoms with Crippen LogP contribution in [0.2, 0.25) is 0 Å². The van der Waals surface area contributed by atoms with Crippen LogP contribution in [0.4, 0.5) is 0 Å². The summed E-state index contributed by atoms with van der Waals surface area (Å²) in [4.78, 5) is 12.0. The number of benzene rings is 1. The van der Waals surface area contributed by atoms with Crippen molar-refractivity contribution in [2.24, 2.45) is 12.8 Å². The van der Waals surface area contributed by atoms with E-state index in [1.165, 1.54) is 0 Å². The molecule has 0 spiro atoms. The van der Waals surface area contributed by atoms with E-state index in [9.17, 15) is 9.90 Å². The van der Waals surface area contributed by atoms with Gasteiger partial charge in [-0.15, -0.1) is 0 Å². The number of amides is 1. The number of hydrogen-bond acceptors (Lipinski definition) is 3. The maximum absolute atomic E-state index is 12.0. The fraction of sp³-hybridized carbons (Fsp3) is 0.308. The van der Waals surface area contributed by atoms with E-state index in [1.54, 1.807) is 28.8 Å². The third kappa shape index (κ3) is 2.31. The summed E-state index contributed by atoms with van der Waals surface area (Å²) < 4.78 is 1.80. The van der Waals surface area contributed by atoms with Crippen LogP contribution in [0, 0.1) is 0 Å². The van der Waals surface area contributed by atoms with Gasteiger partial charge in [0, 0.05) is 30.5 Å². The van der Waals surface area contributed by atoms with Crippen molar-refractivity contribution in [3.05, 3.63) is 30.0 Å². The van der Waals surface area contributed by atoms with Crippen molar-refractivity contribution in [1.82, 2.24) is 9.88 Å². The largest absolute Gasteiger partial charge is 0.508 e. The van der Waals surface area contributed by atoms with E-state index in [1.807, 2.05) is 14.0 Å². The lowest BCUT2D eigenvalue weighted by atomic mass is 10.2. The Kier molecular flexibility index (Phi) is 3.25. The Morgan fingerprint density at radius 3 is 2.89 bits per heavy atom. The normalized spacial score (nSPS) is 12.6. The molecule has 1 aromatic heterocycles. The summed E-state index contributed by atoms with van der Waals surface area (Å²) in [5, 5.41) is 13.0. The maximum atomic E-state index is 12.0. The number of aryl methyl sites for hydroxylation is 1. The predicted octanol–water partition coefficient (Wildman–Crippen LogP) is 0.961. The van der Waals surface area contributed by atoms with E-state index < -0.39 is 0 Å². The molecule has 5 heteroatoms. The van der Waals surface area contributed by atoms with Crippen LogP contribution in [0.25, 0.3) is 10.9 Å². The molecule has 96 valence electrons. The average molecular weight is 247 g/mol. The van der Waals surface area contributed by atoms with Gasteiger partial charge >= 0.3 is 0 Å². The van der Waals surface area contributed by atoms with Crippen LogP contribution in [0.15, 0.2) is 24.3 Å². The number of phenols is 1. The second kappa shape index (κ2) is 4.70. The van der Waals surface area contributed by atoms with Gasteiger partial charge in [-0.2, -0.15) is 0 Å². The first-order valence-corrected chi connectivity index (χ1v) is 5.81. The Bertz CT molecular complexity index is 587. The molecule has 1 amide bonds. The third-order valence-electron chi connectivity index (χ3n) is 2.84. The molecule has 2 rings (SSSR count). The molecule has 1 heterocycles. The number of carbonyl (C=O) groups is 1. The van der Waals surface area contributed by atoms with Crippen LogP contribution in [0.3, 0.4) is 0 Å². The number of rotatable bonds is 3. The lowest BCUT2D eigenvalue weighted by Gasteiger charge is -2.08. The molecule has 1 atom stereocenters. The fourth-order valence-electron chi connectivity index (χ4n) is 1.90. The summed E-state index contributed by atoms with van der Waals surface area (Å²) >= 11 is 0. The zero-order valence-electron chi connectivity index (χ0n) is 10.5. The first kappa shape index (κ1) is 12.4. The molecule has 0 aliphatic carbocycles. The fourth-order valence-corrected chi connectivity index (χ4v) is 1.90. The Morgan fingerprint density at radius 1 is 1.50 bits per heavy atom. The van der Waals surface area contributed by atoms with Crippen LogP contribution < -0.4 is 11.1 Å². The van der Waals surface area contributed by atoms with Crippen molar-refractivity contribution in [3.8, 4) is 5.75 Å². The van der Waals surface area contributed by atoms with Crippen molar-refractivity contribution < 1.29 is 9.90 Å². The molecule has 0 bridgehead atoms. The summed E-state index contributed by atoms with van der Waals surface area (Å²) in [6.45, 7) is 2.27. The van der Waals surface area contributed by atoms with Crippen LogP contribution in [-0.2, 0) is 7.05 Å². The van der Waals surface area contributed by atoms with E-state index in [-0.39, 0.29) is 17.7 Å². The van der Waals surface area contributed by atoms with Crippen LogP contribution >= 0.6 is 0 Å². The van der Waals surface area contributed by atoms with Gasteiger partial charge in [0.2, 0.25) is 0 Å². The zero-order valence-corrected chi connectivity index (χ0v) is 10.5. The highest BCUT2D eigenvalue weighted by atomic mass is 16.3. The van der Waals surface area contributed by atoms with E-state index in [4.69, 9.17) is 5.73 Å². The maximum Gasteiger partial charge on any atom is 0.267 e. The summed E-state index contributed by atoms with van der Waals surface area (Å²) in [5.41, 5.74) is 7.05. The molecule has 0 saturated heterocycles. The van der Waals surface area contributed by atoms with Crippen molar-refractivity contribution in [2.75, 3.05) is 6.54 Å². The summed E-state index contributed by atoms with van der Waals surface area (Å²) in [7, 11) is 1.82. The minimum absolute atomic E-state index is 0.0762. The molecular formula is C13H17N3O2. The minimum atomic E-state index is -0.162. The number of nitrogens with zero attached hydrogens (tertiary/aromatic N) is 1. The zero-order chi connectivity index (χ0) is 13.3. The van der Waals surface area contributed by atoms with E-state index in [0.717, 1.165) is 10.9 Å². The number of phenolic OH excluding ortho intramolecular Hbond substituents is 1. The van der Waals surface area contributed by atoms with E-state index in [0.29, 0.717) is 12.2 Å². The van der Waals surface area contributed by atoms with Crippen LogP contribution in [0.5, 0.6) is 5.75 Å². The Balaban J connectivity index is 2.33. The second-order valence-corrected chi connectivity index (χ2v) is 4.52. The number of carbonyl (C=O) groups excluding carboxylic acids is 1. The van der Waals surface area contributed by atoms with Gasteiger partial charge in [-0.05, 0) is 31.2 Å². The van der Waals surface area contributed by atoms with Crippen LogP contribution in [-0.4, -0.2) is 28.2 Å². The highest BCUT2D eigenvalue weighted by Crippen LogP contribution is 2.22. The highest BCUT2D eigenvalue weighted by molar-refractivity contribution is 5.99. The number of aromatic hydroxyl groups is 1. The van der Waals surface area contributed by atoms with Gasteiger partial charge in [-0.1, -0.05) is 0 Å². The molecule has 1 unspecified atom stereocenters. The van der Waals surface area contributed by atoms with Gasteiger partial charge in [0.25, 0.3) is 5.91 Å². The monoisotopic (exact) mass is 247 g/mol. The third-order valence-corrected chi connectivity index (χ3v) is 2.84. The van der Waals surface area contributed by atoms with Gasteiger partial charge < -0.3 is 20.7 Å². The number of hydrogen-bond donors (Lipinski definition) is 3. The molecule has 0 fully saturated rings. The summed E-state index contributed by atoms with van der Waals surface area (Å²) in [6, 6.07) is 6.70. The smallest absolute Gasteiger partial charge is 0.267 e. The molecule has 5 nitrogen and oxygen atoms in total. The van der Waals surface area contributed by atoms with Gasteiger partial charge in [0.15, 0.2) is 0 Å². The van der Waals surface area contributed by atoms with Crippen molar-refractivity contribution in [2.45, 2.75) is 13.0 Å². The average Bonchev–Trinajstić information content (AvgIpc) is 2.63. The van der Waals surface area contributed by atoms with Crippen molar-refractivity contribution >= 4 is 16.8 Å². The lowest BCUT2D eigenvalue weighted by molar-refractivity contribution is 0.0944. The Labute approximate surface area is 105 Å². The van der Waals surface area contributed by atoms with Crippen LogP contribution in [0.1, 0.15) is 17.4 Å². The second-order valence-electron chi connectivity index (χ2n) is 4.52. The Hall–Kier alpha value is -2.01. The first-order chi connectivity index (χ1) is 8.49. The molecule has 0 radical (unpaired) electrons. The molecule has 4 N–H and O–H groups in total. The molecule has 1 aromatic carbocycles. The number of fused-ring (bicyclic) bond motifs is 1. The molecule has 0 aliphatic heterocycles. The number of nitrogens with one attached hydrogen (secondary N) is 1. The molecule has 2 aromatic rings. The minimum Gasteiger partial charge on any atom is -0.508 e. The molecule has 18 heavy (non-hydrogen) atoms. The molecule has 0 saturated carbocycles. The molecule has 0 aliphatic rings. The van der Waals surface area contributed by atoms with E-state index in [2.05, 4.69) is 5.32 Å². The highest BCUT2D eigenvalue weighted by Gasteiger charge is 2.13. The number of aromatic nitrogens is 1. The predicted molar refractivity (Wildman–Crippen MR) is 70.6 cm³/mol. The van der Waals surface area contributed by atoms with Gasteiger partial charge in [0.05, 0.1) is 0 Å².